The van der Waals surface area contributed by atoms with Crippen LogP contribution in [-0.2, 0) is 38.7 Å². The van der Waals surface area contributed by atoms with Crippen LogP contribution in [0.2, 0.25) is 0 Å². The zero-order chi connectivity index (χ0) is 4.50. The Kier molecular flexibility index (Phi) is 23.3. The molecule has 5 nitrogen and oxygen atoms in total. The third kappa shape index (κ3) is 216. The Morgan fingerprint density at radius 2 is 1.12 bits per heavy atom. The number of phosphoric acid groups is 1. The van der Waals surface area contributed by atoms with Crippen molar-refractivity contribution in [2.75, 3.05) is 0 Å². The van der Waals surface area contributed by atoms with E-state index in [0.717, 1.165) is 0 Å². The average molecular weight is 230 g/mol. The van der Waals surface area contributed by atoms with Crippen molar-refractivity contribution >= 4 is 7.82 Å². The summed E-state index contributed by atoms with van der Waals surface area (Å²) < 4.78 is 8.55. The Morgan fingerprint density at radius 3 is 1.12 bits per heavy atom. The standard InChI is InChI=1S/Cu.Mn.H3O4P.H2O/c;;1-5(2,3)4;/h;;(H3,1,2,3,4);1H2/q2*+2;;/p-4. The van der Waals surface area contributed by atoms with Gasteiger partial charge in [0.1, 0.15) is 0 Å². The van der Waals surface area contributed by atoms with Crippen molar-refractivity contribution in [1.29, 1.82) is 0 Å². The molecule has 0 aromatic carbocycles. The van der Waals surface area contributed by atoms with Crippen LogP contribution in [0, 0.1) is 0 Å². The molecule has 0 amide bonds. The van der Waals surface area contributed by atoms with Crippen LogP contribution < -0.4 is 14.7 Å². The third-order valence-electron chi connectivity index (χ3n) is 0. The van der Waals surface area contributed by atoms with Gasteiger partial charge in [0.05, 0.1) is 0 Å². The van der Waals surface area contributed by atoms with E-state index < -0.39 is 7.82 Å². The maximum atomic E-state index is 8.55. The van der Waals surface area contributed by atoms with Crippen LogP contribution in [0.3, 0.4) is 0 Å². The minimum absolute atomic E-state index is 0. The van der Waals surface area contributed by atoms with E-state index in [1.807, 2.05) is 0 Å². The van der Waals surface area contributed by atoms with E-state index in [4.69, 9.17) is 19.2 Å². The molecule has 2 radical (unpaired) electrons. The predicted octanol–water partition coefficient (Wildman–Crippen LogP) is -3.01. The van der Waals surface area contributed by atoms with Crippen molar-refractivity contribution in [3.8, 4) is 0 Å². The smallest absolute Gasteiger partial charge is 0.870 e. The molecule has 0 spiro atoms. The van der Waals surface area contributed by atoms with Crippen LogP contribution >= 0.6 is 7.82 Å². The van der Waals surface area contributed by atoms with Crippen molar-refractivity contribution in [3.05, 3.63) is 0 Å². The molecular weight excluding hydrogens is 229 g/mol. The molecule has 0 aliphatic carbocycles. The summed E-state index contributed by atoms with van der Waals surface area (Å²) in [5.74, 6) is 0. The molecule has 1 N–H and O–H groups in total. The van der Waals surface area contributed by atoms with E-state index in [1.54, 1.807) is 0 Å². The van der Waals surface area contributed by atoms with E-state index in [9.17, 15) is 0 Å². The second kappa shape index (κ2) is 8.11. The van der Waals surface area contributed by atoms with Gasteiger partial charge in [0.15, 0.2) is 0 Å². The first-order chi connectivity index (χ1) is 2.00. The molecule has 54 valence electrons. The molecule has 0 atom stereocenters. The third-order valence-corrected chi connectivity index (χ3v) is 0. The van der Waals surface area contributed by atoms with Gasteiger partial charge in [-0.05, 0) is 0 Å². The maximum absolute atomic E-state index is 8.55. The predicted molar refractivity (Wildman–Crippen MR) is 9.54 cm³/mol. The number of hydrogen-bond donors (Lipinski definition) is 0. The molecule has 8 heteroatoms. The van der Waals surface area contributed by atoms with Crippen LogP contribution in [0.25, 0.3) is 0 Å². The summed E-state index contributed by atoms with van der Waals surface area (Å²) in [7, 11) is -5.39. The molecule has 0 saturated heterocycles. The fraction of sp³-hybridized carbons (Fsp3) is 0. The fourth-order valence-electron chi connectivity index (χ4n) is 0. The van der Waals surface area contributed by atoms with Gasteiger partial charge in [0, 0.05) is 0 Å². The summed E-state index contributed by atoms with van der Waals surface area (Å²) in [5.41, 5.74) is 0. The Hall–Kier alpha value is 1.11. The molecule has 0 bridgehead atoms. The van der Waals surface area contributed by atoms with Gasteiger partial charge in [-0.2, -0.15) is 7.82 Å². The Labute approximate surface area is 67.0 Å². The molecule has 0 aliphatic heterocycles. The molecule has 0 unspecified atom stereocenters. The van der Waals surface area contributed by atoms with Gasteiger partial charge in [-0.25, -0.2) is 0 Å². The SMILES string of the molecule is O=P([O-])([O-])[O-].[Cu+2].[Mn+2].[OH-]. The van der Waals surface area contributed by atoms with Crippen molar-refractivity contribution in [2.24, 2.45) is 0 Å². The van der Waals surface area contributed by atoms with Gasteiger partial charge < -0.3 is 24.7 Å². The molecule has 8 heavy (non-hydrogen) atoms. The fourth-order valence-corrected chi connectivity index (χ4v) is 0. The van der Waals surface area contributed by atoms with E-state index >= 15 is 0 Å². The van der Waals surface area contributed by atoms with Crippen molar-refractivity contribution < 1.29 is 58.9 Å². The summed E-state index contributed by atoms with van der Waals surface area (Å²) >= 11 is 0. The zero-order valence-electron chi connectivity index (χ0n) is 3.21. The molecule has 0 aliphatic rings. The topological polar surface area (TPSA) is 116 Å². The van der Waals surface area contributed by atoms with E-state index in [2.05, 4.69) is 0 Å². The molecule has 0 aromatic rings. The summed E-state index contributed by atoms with van der Waals surface area (Å²) in [4.78, 5) is 25.6. The summed E-state index contributed by atoms with van der Waals surface area (Å²) in [6.45, 7) is 0. The van der Waals surface area contributed by atoms with Gasteiger partial charge >= 0.3 is 34.1 Å². The van der Waals surface area contributed by atoms with Gasteiger partial charge in [-0.15, -0.1) is 0 Å². The number of hydrogen-bond acceptors (Lipinski definition) is 5. The normalized spacial score (nSPS) is 7.38. The first-order valence-corrected chi connectivity index (χ1v) is 2.19. The summed E-state index contributed by atoms with van der Waals surface area (Å²) in [6, 6.07) is 0. The Balaban J connectivity index is -0.0000000267. The van der Waals surface area contributed by atoms with Gasteiger partial charge in [0.25, 0.3) is 0 Å². The summed E-state index contributed by atoms with van der Waals surface area (Å²) in [6.07, 6.45) is 0. The van der Waals surface area contributed by atoms with Crippen LogP contribution in [0.15, 0.2) is 0 Å². The van der Waals surface area contributed by atoms with Crippen molar-refractivity contribution in [2.45, 2.75) is 0 Å². The monoisotopic (exact) mass is 230 g/mol. The van der Waals surface area contributed by atoms with Gasteiger partial charge in [-0.1, -0.05) is 0 Å². The molecule has 0 fully saturated rings. The second-order valence-corrected chi connectivity index (χ2v) is 1.34. The Morgan fingerprint density at radius 1 is 1.12 bits per heavy atom. The second-order valence-electron chi connectivity index (χ2n) is 0.447. The first kappa shape index (κ1) is 22.9. The first-order valence-electron chi connectivity index (χ1n) is 0.730. The number of rotatable bonds is 0. The van der Waals surface area contributed by atoms with Crippen LogP contribution in [0.1, 0.15) is 0 Å². The maximum Gasteiger partial charge on any atom is 2.00 e. The molecule has 0 aromatic heterocycles. The molecule has 0 heterocycles. The largest absolute Gasteiger partial charge is 2.00 e. The van der Waals surface area contributed by atoms with Crippen LogP contribution in [0.4, 0.5) is 0 Å². The van der Waals surface area contributed by atoms with Crippen molar-refractivity contribution in [1.82, 2.24) is 0 Å². The van der Waals surface area contributed by atoms with E-state index in [-0.39, 0.29) is 39.6 Å². The van der Waals surface area contributed by atoms with E-state index in [1.165, 1.54) is 0 Å². The minimum atomic E-state index is -5.39. The summed E-state index contributed by atoms with van der Waals surface area (Å²) in [5, 5.41) is 0. The average Bonchev–Trinajstić information content (AvgIpc) is 0.722. The quantitative estimate of drug-likeness (QED) is 0.325. The van der Waals surface area contributed by atoms with E-state index in [0.29, 0.717) is 0 Å². The Bertz CT molecular complexity index is 58.6. The van der Waals surface area contributed by atoms with Gasteiger partial charge in [-0.3, -0.25) is 0 Å². The zero-order valence-corrected chi connectivity index (χ0v) is 6.22. The van der Waals surface area contributed by atoms with Crippen LogP contribution in [0.5, 0.6) is 0 Å². The molecule has 0 rings (SSSR count). The van der Waals surface area contributed by atoms with Crippen LogP contribution in [-0.4, -0.2) is 5.48 Å². The molecular formula is HCuMnO5P. The van der Waals surface area contributed by atoms with Gasteiger partial charge in [0.2, 0.25) is 0 Å². The minimum Gasteiger partial charge on any atom is -0.870 e. The molecule has 0 saturated carbocycles. The van der Waals surface area contributed by atoms with Crippen molar-refractivity contribution in [3.63, 3.8) is 0 Å².